The number of esters is 2. The van der Waals surface area contributed by atoms with Crippen molar-refractivity contribution in [3.63, 3.8) is 0 Å². The summed E-state index contributed by atoms with van der Waals surface area (Å²) in [5.41, 5.74) is 0. The fourth-order valence-corrected chi connectivity index (χ4v) is 6.21. The van der Waals surface area contributed by atoms with E-state index in [9.17, 15) is 9.59 Å². The van der Waals surface area contributed by atoms with Crippen molar-refractivity contribution < 1.29 is 19.1 Å². The van der Waals surface area contributed by atoms with Crippen molar-refractivity contribution in [3.8, 4) is 0 Å². The van der Waals surface area contributed by atoms with Gasteiger partial charge in [0.25, 0.3) is 0 Å². The van der Waals surface area contributed by atoms with E-state index < -0.39 is 0 Å². The summed E-state index contributed by atoms with van der Waals surface area (Å²) in [6.07, 6.45) is 20.6. The van der Waals surface area contributed by atoms with Gasteiger partial charge in [-0.05, 0) is 75.0 Å². The molecule has 1 aliphatic carbocycles. The molecule has 1 fully saturated rings. The van der Waals surface area contributed by atoms with Crippen molar-refractivity contribution in [3.05, 3.63) is 0 Å². The number of unbranched alkanes of at least 4 members (excludes halogenated alkanes) is 6. The van der Waals surface area contributed by atoms with Crippen LogP contribution >= 0.6 is 0 Å². The Balaban J connectivity index is 2.14. The number of rotatable bonds is 22. The molecule has 224 valence electrons. The van der Waals surface area contributed by atoms with Gasteiger partial charge < -0.3 is 9.47 Å². The SMILES string of the molecule is CCCCCCC(C)CC(C)CCOC(=O)C1CCC(C(=O)OCCC(C)CC(C)CCCCCC)CC1. The molecule has 4 atom stereocenters. The lowest BCUT2D eigenvalue weighted by atomic mass is 9.82. The zero-order valence-corrected chi connectivity index (χ0v) is 26.2. The minimum atomic E-state index is -0.0609. The maximum atomic E-state index is 12.6. The minimum absolute atomic E-state index is 0.0503. The molecule has 0 amide bonds. The molecule has 0 bridgehead atoms. The molecule has 38 heavy (non-hydrogen) atoms. The van der Waals surface area contributed by atoms with Crippen LogP contribution in [0.3, 0.4) is 0 Å². The highest BCUT2D eigenvalue weighted by molar-refractivity contribution is 5.75. The summed E-state index contributed by atoms with van der Waals surface area (Å²) >= 11 is 0. The average molecular weight is 537 g/mol. The molecule has 4 heteroatoms. The van der Waals surface area contributed by atoms with E-state index in [0.717, 1.165) is 50.4 Å². The van der Waals surface area contributed by atoms with Crippen LogP contribution in [0.25, 0.3) is 0 Å². The molecule has 0 radical (unpaired) electrons. The van der Waals surface area contributed by atoms with Crippen LogP contribution in [0.15, 0.2) is 0 Å². The van der Waals surface area contributed by atoms with E-state index in [1.165, 1.54) is 77.0 Å². The third-order valence-corrected chi connectivity index (χ3v) is 8.81. The number of hydrogen-bond acceptors (Lipinski definition) is 4. The lowest BCUT2D eigenvalue weighted by molar-refractivity contribution is -0.155. The summed E-state index contributed by atoms with van der Waals surface area (Å²) in [4.78, 5) is 25.2. The molecule has 1 rings (SSSR count). The Labute approximate surface area is 236 Å². The normalized spacial score (nSPS) is 20.9. The van der Waals surface area contributed by atoms with Crippen LogP contribution in [-0.4, -0.2) is 25.2 Å². The summed E-state index contributed by atoms with van der Waals surface area (Å²) < 4.78 is 11.3. The molecular weight excluding hydrogens is 472 g/mol. The minimum Gasteiger partial charge on any atom is -0.465 e. The molecule has 0 aliphatic heterocycles. The van der Waals surface area contributed by atoms with Gasteiger partial charge in [-0.15, -0.1) is 0 Å². The van der Waals surface area contributed by atoms with Crippen molar-refractivity contribution in [1.82, 2.24) is 0 Å². The summed E-state index contributed by atoms with van der Waals surface area (Å²) in [5.74, 6) is 2.46. The van der Waals surface area contributed by atoms with Gasteiger partial charge in [-0.25, -0.2) is 0 Å². The molecule has 1 saturated carbocycles. The second kappa shape index (κ2) is 21.7. The van der Waals surface area contributed by atoms with E-state index >= 15 is 0 Å². The quantitative estimate of drug-likeness (QED) is 0.102. The smallest absolute Gasteiger partial charge is 0.308 e. The maximum absolute atomic E-state index is 12.6. The standard InChI is InChI=1S/C34H64O4/c1-7-9-11-13-15-27(3)25-29(5)21-23-37-33(35)31-17-19-32(20-18-31)34(36)38-24-22-30(6)26-28(4)16-14-12-10-8-2/h27-32H,7-26H2,1-6H3. The average Bonchev–Trinajstić information content (AvgIpc) is 2.89. The number of ether oxygens (including phenoxy) is 2. The zero-order chi connectivity index (χ0) is 28.2. The van der Waals surface area contributed by atoms with Gasteiger partial charge in [0.15, 0.2) is 0 Å². The number of carbonyl (C=O) groups excluding carboxylic acids is 2. The number of carbonyl (C=O) groups is 2. The van der Waals surface area contributed by atoms with Gasteiger partial charge in [-0.3, -0.25) is 9.59 Å². The van der Waals surface area contributed by atoms with Crippen LogP contribution in [0.4, 0.5) is 0 Å². The van der Waals surface area contributed by atoms with Crippen LogP contribution in [0.1, 0.15) is 157 Å². The Morgan fingerprint density at radius 2 is 0.895 bits per heavy atom. The van der Waals surface area contributed by atoms with Crippen molar-refractivity contribution >= 4 is 11.9 Å². The first kappa shape index (κ1) is 35.0. The van der Waals surface area contributed by atoms with Gasteiger partial charge in [0, 0.05) is 0 Å². The molecule has 0 spiro atoms. The summed E-state index contributed by atoms with van der Waals surface area (Å²) in [6, 6.07) is 0. The van der Waals surface area contributed by atoms with Gasteiger partial charge in [0.2, 0.25) is 0 Å². The lowest BCUT2D eigenvalue weighted by Gasteiger charge is -2.26. The molecule has 4 unspecified atom stereocenters. The van der Waals surface area contributed by atoms with Crippen LogP contribution in [0.2, 0.25) is 0 Å². The maximum Gasteiger partial charge on any atom is 0.308 e. The molecule has 4 nitrogen and oxygen atoms in total. The number of hydrogen-bond donors (Lipinski definition) is 0. The Kier molecular flexibility index (Phi) is 20.0. The molecule has 0 aromatic rings. The van der Waals surface area contributed by atoms with Crippen molar-refractivity contribution in [2.75, 3.05) is 13.2 Å². The van der Waals surface area contributed by atoms with Crippen LogP contribution < -0.4 is 0 Å². The molecule has 0 aromatic heterocycles. The highest BCUT2D eigenvalue weighted by Gasteiger charge is 2.31. The van der Waals surface area contributed by atoms with Crippen LogP contribution in [0, 0.1) is 35.5 Å². The van der Waals surface area contributed by atoms with Crippen molar-refractivity contribution in [2.24, 2.45) is 35.5 Å². The van der Waals surface area contributed by atoms with E-state index in [1.54, 1.807) is 0 Å². The van der Waals surface area contributed by atoms with E-state index in [-0.39, 0.29) is 23.8 Å². The van der Waals surface area contributed by atoms with Crippen LogP contribution in [0.5, 0.6) is 0 Å². The topological polar surface area (TPSA) is 52.6 Å². The summed E-state index contributed by atoms with van der Waals surface area (Å²) in [7, 11) is 0. The van der Waals surface area contributed by atoms with Gasteiger partial charge in [0.1, 0.15) is 0 Å². The van der Waals surface area contributed by atoms with Crippen molar-refractivity contribution in [1.29, 1.82) is 0 Å². The largest absolute Gasteiger partial charge is 0.465 e. The van der Waals surface area contributed by atoms with E-state index in [2.05, 4.69) is 41.5 Å². The van der Waals surface area contributed by atoms with Gasteiger partial charge in [0.05, 0.1) is 25.0 Å². The summed E-state index contributed by atoms with van der Waals surface area (Å²) in [5, 5.41) is 0. The van der Waals surface area contributed by atoms with E-state index in [0.29, 0.717) is 25.0 Å². The third-order valence-electron chi connectivity index (χ3n) is 8.81. The Hall–Kier alpha value is -1.06. The van der Waals surface area contributed by atoms with Crippen molar-refractivity contribution in [2.45, 2.75) is 157 Å². The van der Waals surface area contributed by atoms with Gasteiger partial charge >= 0.3 is 11.9 Å². The highest BCUT2D eigenvalue weighted by atomic mass is 16.5. The first-order valence-electron chi connectivity index (χ1n) is 16.6. The first-order valence-corrected chi connectivity index (χ1v) is 16.6. The lowest BCUT2D eigenvalue weighted by Crippen LogP contribution is -2.29. The Bertz CT molecular complexity index is 543. The highest BCUT2D eigenvalue weighted by Crippen LogP contribution is 2.31. The Morgan fingerprint density at radius 1 is 0.553 bits per heavy atom. The predicted octanol–water partition coefficient (Wildman–Crippen LogP) is 9.92. The Morgan fingerprint density at radius 3 is 1.24 bits per heavy atom. The molecule has 0 N–H and O–H groups in total. The predicted molar refractivity (Wildman–Crippen MR) is 160 cm³/mol. The van der Waals surface area contributed by atoms with Gasteiger partial charge in [-0.2, -0.15) is 0 Å². The molecule has 0 saturated heterocycles. The molecule has 0 aromatic carbocycles. The fourth-order valence-electron chi connectivity index (χ4n) is 6.21. The van der Waals surface area contributed by atoms with Gasteiger partial charge in [-0.1, -0.05) is 106 Å². The van der Waals surface area contributed by atoms with E-state index in [1.807, 2.05) is 0 Å². The zero-order valence-electron chi connectivity index (χ0n) is 26.2. The molecule has 1 aliphatic rings. The van der Waals surface area contributed by atoms with Crippen LogP contribution in [-0.2, 0) is 19.1 Å². The summed E-state index contributed by atoms with van der Waals surface area (Å²) in [6.45, 7) is 14.8. The molecule has 0 heterocycles. The first-order chi connectivity index (χ1) is 18.3. The monoisotopic (exact) mass is 536 g/mol. The fraction of sp³-hybridized carbons (Fsp3) is 0.941. The van der Waals surface area contributed by atoms with E-state index in [4.69, 9.17) is 9.47 Å². The molecular formula is C34H64O4. The second-order valence-electron chi connectivity index (χ2n) is 13.1. The second-order valence-corrected chi connectivity index (χ2v) is 13.1. The third kappa shape index (κ3) is 16.8.